The molecule has 2 aromatic rings. The summed E-state index contributed by atoms with van der Waals surface area (Å²) in [5.74, 6) is 0.684. The first-order chi connectivity index (χ1) is 10.2. The van der Waals surface area contributed by atoms with Gasteiger partial charge in [0.25, 0.3) is 5.91 Å². The summed E-state index contributed by atoms with van der Waals surface area (Å²) < 4.78 is 5.52. The molecular formula is C16H21N3O2. The van der Waals surface area contributed by atoms with Gasteiger partial charge in [-0.05, 0) is 36.6 Å². The Hall–Kier alpha value is -2.30. The van der Waals surface area contributed by atoms with E-state index >= 15 is 0 Å². The van der Waals surface area contributed by atoms with Crippen LogP contribution in [0.15, 0.2) is 30.3 Å². The van der Waals surface area contributed by atoms with Crippen LogP contribution in [0.2, 0.25) is 0 Å². The van der Waals surface area contributed by atoms with Crippen LogP contribution in [0.4, 0.5) is 0 Å². The number of aromatic nitrogens is 2. The van der Waals surface area contributed by atoms with Gasteiger partial charge >= 0.3 is 0 Å². The smallest absolute Gasteiger partial charge is 0.272 e. The highest BCUT2D eigenvalue weighted by molar-refractivity contribution is 5.92. The van der Waals surface area contributed by atoms with E-state index in [0.29, 0.717) is 12.2 Å². The van der Waals surface area contributed by atoms with Gasteiger partial charge in [0.1, 0.15) is 11.4 Å². The first kappa shape index (κ1) is 15.1. The molecule has 1 heterocycles. The van der Waals surface area contributed by atoms with E-state index in [4.69, 9.17) is 4.74 Å². The number of hydrogen-bond donors (Lipinski definition) is 2. The second kappa shape index (κ2) is 7.47. The fourth-order valence-electron chi connectivity index (χ4n) is 1.86. The van der Waals surface area contributed by atoms with E-state index in [-0.39, 0.29) is 5.91 Å². The summed E-state index contributed by atoms with van der Waals surface area (Å²) in [4.78, 5) is 11.9. The monoisotopic (exact) mass is 287 g/mol. The topological polar surface area (TPSA) is 67.0 Å². The van der Waals surface area contributed by atoms with E-state index in [1.807, 2.05) is 31.2 Å². The largest absolute Gasteiger partial charge is 0.494 e. The second-order valence-corrected chi connectivity index (χ2v) is 4.81. The summed E-state index contributed by atoms with van der Waals surface area (Å²) in [6.45, 7) is 5.27. The third kappa shape index (κ3) is 4.34. The molecule has 0 saturated carbocycles. The fraction of sp³-hybridized carbons (Fsp3) is 0.375. The number of ether oxygens (including phenoxy) is 1. The molecular weight excluding hydrogens is 266 g/mol. The van der Waals surface area contributed by atoms with Crippen molar-refractivity contribution in [2.24, 2.45) is 0 Å². The molecule has 2 N–H and O–H groups in total. The summed E-state index contributed by atoms with van der Waals surface area (Å²) in [6, 6.07) is 9.51. The zero-order valence-corrected chi connectivity index (χ0v) is 12.5. The molecule has 112 valence electrons. The molecule has 2 rings (SSSR count). The molecule has 0 saturated heterocycles. The number of carbonyl (C=O) groups is 1. The van der Waals surface area contributed by atoms with E-state index in [2.05, 4.69) is 22.4 Å². The Morgan fingerprint density at radius 3 is 2.67 bits per heavy atom. The summed E-state index contributed by atoms with van der Waals surface area (Å²) in [6.07, 6.45) is 1.82. The Bertz CT molecular complexity index is 575. The van der Waals surface area contributed by atoms with Crippen LogP contribution in [-0.2, 0) is 13.0 Å². The standard InChI is InChI=1S/C16H21N3O2/c1-3-9-21-14-7-5-12(6-8-14)11-17-16(20)15-10-13(4-2)18-19-15/h5-8,10H,3-4,9,11H2,1-2H3,(H,17,20)(H,18,19). The van der Waals surface area contributed by atoms with Gasteiger partial charge in [0, 0.05) is 12.2 Å². The van der Waals surface area contributed by atoms with Gasteiger partial charge in [0.2, 0.25) is 0 Å². The molecule has 0 aliphatic heterocycles. The van der Waals surface area contributed by atoms with Gasteiger partial charge in [-0.2, -0.15) is 5.10 Å². The summed E-state index contributed by atoms with van der Waals surface area (Å²) in [5.41, 5.74) is 2.41. The highest BCUT2D eigenvalue weighted by Gasteiger charge is 2.09. The van der Waals surface area contributed by atoms with Crippen molar-refractivity contribution < 1.29 is 9.53 Å². The van der Waals surface area contributed by atoms with E-state index in [0.717, 1.165) is 36.5 Å². The Kier molecular flexibility index (Phi) is 5.37. The van der Waals surface area contributed by atoms with Crippen molar-refractivity contribution in [3.05, 3.63) is 47.3 Å². The first-order valence-electron chi connectivity index (χ1n) is 7.27. The quantitative estimate of drug-likeness (QED) is 0.822. The van der Waals surface area contributed by atoms with Gasteiger partial charge in [-0.25, -0.2) is 0 Å². The minimum absolute atomic E-state index is 0.169. The van der Waals surface area contributed by atoms with E-state index in [1.165, 1.54) is 0 Å². The normalized spacial score (nSPS) is 10.4. The van der Waals surface area contributed by atoms with E-state index in [1.54, 1.807) is 6.07 Å². The number of carbonyl (C=O) groups excluding carboxylic acids is 1. The molecule has 1 aromatic heterocycles. The number of nitrogens with one attached hydrogen (secondary N) is 2. The molecule has 5 nitrogen and oxygen atoms in total. The number of amides is 1. The lowest BCUT2D eigenvalue weighted by Crippen LogP contribution is -2.23. The summed E-state index contributed by atoms with van der Waals surface area (Å²) >= 11 is 0. The van der Waals surface area contributed by atoms with Crippen LogP contribution >= 0.6 is 0 Å². The summed E-state index contributed by atoms with van der Waals surface area (Å²) in [5, 5.41) is 9.68. The first-order valence-corrected chi connectivity index (χ1v) is 7.27. The Balaban J connectivity index is 1.86. The van der Waals surface area contributed by atoms with E-state index < -0.39 is 0 Å². The van der Waals surface area contributed by atoms with Crippen LogP contribution in [0, 0.1) is 0 Å². The zero-order chi connectivity index (χ0) is 15.1. The maximum absolute atomic E-state index is 11.9. The molecule has 0 radical (unpaired) electrons. The predicted octanol–water partition coefficient (Wildman–Crippen LogP) is 2.69. The Morgan fingerprint density at radius 1 is 1.29 bits per heavy atom. The third-order valence-electron chi connectivity index (χ3n) is 3.09. The summed E-state index contributed by atoms with van der Waals surface area (Å²) in [7, 11) is 0. The molecule has 21 heavy (non-hydrogen) atoms. The van der Waals surface area contributed by atoms with Crippen molar-refractivity contribution in [2.45, 2.75) is 33.2 Å². The minimum atomic E-state index is -0.169. The van der Waals surface area contributed by atoms with Gasteiger partial charge in [-0.1, -0.05) is 26.0 Å². The molecule has 1 aromatic carbocycles. The van der Waals surface area contributed by atoms with Crippen LogP contribution in [0.25, 0.3) is 0 Å². The predicted molar refractivity (Wildman–Crippen MR) is 81.4 cm³/mol. The maximum Gasteiger partial charge on any atom is 0.272 e. The molecule has 0 unspecified atom stereocenters. The van der Waals surface area contributed by atoms with Gasteiger partial charge in [-0.15, -0.1) is 0 Å². The third-order valence-corrected chi connectivity index (χ3v) is 3.09. The van der Waals surface area contributed by atoms with Crippen LogP contribution in [0.3, 0.4) is 0 Å². The van der Waals surface area contributed by atoms with Crippen LogP contribution in [-0.4, -0.2) is 22.7 Å². The van der Waals surface area contributed by atoms with Crippen molar-refractivity contribution in [1.29, 1.82) is 0 Å². The van der Waals surface area contributed by atoms with Crippen molar-refractivity contribution in [3.8, 4) is 5.75 Å². The van der Waals surface area contributed by atoms with Crippen LogP contribution in [0.5, 0.6) is 5.75 Å². The van der Waals surface area contributed by atoms with Crippen molar-refractivity contribution in [1.82, 2.24) is 15.5 Å². The SMILES string of the molecule is CCCOc1ccc(CNC(=O)c2cc(CC)[nH]n2)cc1. The van der Waals surface area contributed by atoms with Gasteiger partial charge in [0.05, 0.1) is 6.61 Å². The highest BCUT2D eigenvalue weighted by atomic mass is 16.5. The number of nitrogens with zero attached hydrogens (tertiary/aromatic N) is 1. The number of H-pyrrole nitrogens is 1. The number of rotatable bonds is 7. The molecule has 0 bridgehead atoms. The second-order valence-electron chi connectivity index (χ2n) is 4.81. The average Bonchev–Trinajstić information content (AvgIpc) is 3.00. The lowest BCUT2D eigenvalue weighted by atomic mass is 10.2. The zero-order valence-electron chi connectivity index (χ0n) is 12.5. The lowest BCUT2D eigenvalue weighted by Gasteiger charge is -2.06. The maximum atomic E-state index is 11.9. The molecule has 0 aliphatic carbocycles. The minimum Gasteiger partial charge on any atom is -0.494 e. The molecule has 0 fully saturated rings. The molecule has 0 atom stereocenters. The Labute approximate surface area is 124 Å². The molecule has 0 aliphatic rings. The van der Waals surface area contributed by atoms with Gasteiger partial charge < -0.3 is 10.1 Å². The lowest BCUT2D eigenvalue weighted by molar-refractivity contribution is 0.0946. The fourth-order valence-corrected chi connectivity index (χ4v) is 1.86. The average molecular weight is 287 g/mol. The van der Waals surface area contributed by atoms with Crippen molar-refractivity contribution >= 4 is 5.91 Å². The molecule has 0 spiro atoms. The number of aryl methyl sites for hydroxylation is 1. The van der Waals surface area contributed by atoms with E-state index in [9.17, 15) is 4.79 Å². The molecule has 5 heteroatoms. The highest BCUT2D eigenvalue weighted by Crippen LogP contribution is 2.12. The Morgan fingerprint density at radius 2 is 2.05 bits per heavy atom. The number of hydrogen-bond acceptors (Lipinski definition) is 3. The number of aromatic amines is 1. The van der Waals surface area contributed by atoms with Crippen LogP contribution < -0.4 is 10.1 Å². The van der Waals surface area contributed by atoms with Crippen molar-refractivity contribution in [2.75, 3.05) is 6.61 Å². The molecule has 1 amide bonds. The van der Waals surface area contributed by atoms with Gasteiger partial charge in [-0.3, -0.25) is 9.89 Å². The van der Waals surface area contributed by atoms with Crippen LogP contribution in [0.1, 0.15) is 42.0 Å². The van der Waals surface area contributed by atoms with Crippen molar-refractivity contribution in [3.63, 3.8) is 0 Å². The number of benzene rings is 1. The van der Waals surface area contributed by atoms with Gasteiger partial charge in [0.15, 0.2) is 0 Å².